The van der Waals surface area contributed by atoms with Gasteiger partial charge in [0.15, 0.2) is 0 Å². The van der Waals surface area contributed by atoms with E-state index in [1.54, 1.807) is 12.1 Å². The highest BCUT2D eigenvalue weighted by atomic mass is 19.4. The molecule has 1 aliphatic heterocycles. The highest BCUT2D eigenvalue weighted by Gasteiger charge is 2.39. The molecule has 0 radical (unpaired) electrons. The molecule has 4 heterocycles. The number of nitrogens with zero attached hydrogens (tertiary/aromatic N) is 4. The molecule has 176 valence electrons. The number of aromatic amines is 1. The average Bonchev–Trinajstić information content (AvgIpc) is 3.48. The van der Waals surface area contributed by atoms with Gasteiger partial charge in [-0.05, 0) is 31.3 Å². The fraction of sp³-hybridized carbons (Fsp3) is 0.280. The van der Waals surface area contributed by atoms with Gasteiger partial charge in [-0.3, -0.25) is 9.69 Å². The predicted molar refractivity (Wildman–Crippen MR) is 124 cm³/mol. The molecular weight excluding hydrogens is 443 g/mol. The van der Waals surface area contributed by atoms with Crippen molar-refractivity contribution < 1.29 is 18.0 Å². The Hall–Kier alpha value is -3.43. The zero-order valence-electron chi connectivity index (χ0n) is 18.6. The van der Waals surface area contributed by atoms with Gasteiger partial charge < -0.3 is 14.3 Å². The van der Waals surface area contributed by atoms with E-state index in [0.717, 1.165) is 48.8 Å². The Bertz CT molecular complexity index is 1300. The number of nitrogens with one attached hydrogen (secondary N) is 1. The van der Waals surface area contributed by atoms with E-state index in [9.17, 15) is 18.0 Å². The van der Waals surface area contributed by atoms with Crippen LogP contribution in [0.1, 0.15) is 16.1 Å². The Morgan fingerprint density at radius 1 is 1.00 bits per heavy atom. The number of hydrogen-bond acceptors (Lipinski definition) is 4. The van der Waals surface area contributed by atoms with Crippen molar-refractivity contribution in [2.75, 3.05) is 33.2 Å². The van der Waals surface area contributed by atoms with Gasteiger partial charge in [0.1, 0.15) is 5.65 Å². The summed E-state index contributed by atoms with van der Waals surface area (Å²) < 4.78 is 40.5. The number of hydrogen-bond donors (Lipinski definition) is 1. The molecule has 0 spiro atoms. The minimum absolute atomic E-state index is 0.380. The largest absolute Gasteiger partial charge is 0.454 e. The number of carbonyl (C=O) groups is 1. The SMILES string of the molecule is CN1CCN(Cc2c(-c3ccc(C(=O)C(F)(F)F)cc3)nc3ccc(-c4ccc[nH]4)cn23)CC1. The molecule has 0 atom stereocenters. The van der Waals surface area contributed by atoms with E-state index < -0.39 is 12.0 Å². The molecule has 9 heteroatoms. The first-order valence-corrected chi connectivity index (χ1v) is 11.1. The number of carbonyl (C=O) groups excluding carboxylic acids is 1. The Morgan fingerprint density at radius 2 is 1.71 bits per heavy atom. The number of fused-ring (bicyclic) bond motifs is 1. The van der Waals surface area contributed by atoms with Crippen molar-refractivity contribution in [2.24, 2.45) is 0 Å². The summed E-state index contributed by atoms with van der Waals surface area (Å²) in [5.74, 6) is -1.85. The summed E-state index contributed by atoms with van der Waals surface area (Å²) in [6.07, 6.45) is -0.996. The number of H-pyrrole nitrogens is 1. The second-order valence-electron chi connectivity index (χ2n) is 8.62. The Kier molecular flexibility index (Phi) is 5.75. The van der Waals surface area contributed by atoms with Crippen molar-refractivity contribution in [3.05, 3.63) is 72.2 Å². The van der Waals surface area contributed by atoms with Crippen molar-refractivity contribution >= 4 is 11.4 Å². The molecule has 0 unspecified atom stereocenters. The van der Waals surface area contributed by atoms with Gasteiger partial charge in [0.2, 0.25) is 0 Å². The number of Topliss-reactive ketones (excluding diaryl/α,β-unsaturated/α-hetero) is 1. The normalized spacial score (nSPS) is 15.8. The number of alkyl halides is 3. The molecular formula is C25H24F3N5O. The maximum absolute atomic E-state index is 12.8. The maximum atomic E-state index is 12.8. The first-order valence-electron chi connectivity index (χ1n) is 11.1. The van der Waals surface area contributed by atoms with Crippen LogP contribution in [0, 0.1) is 0 Å². The van der Waals surface area contributed by atoms with Crippen LogP contribution < -0.4 is 0 Å². The van der Waals surface area contributed by atoms with Crippen LogP contribution in [0.4, 0.5) is 13.2 Å². The molecule has 1 aliphatic rings. The predicted octanol–water partition coefficient (Wildman–Crippen LogP) is 4.49. The summed E-state index contributed by atoms with van der Waals surface area (Å²) in [6.45, 7) is 4.42. The van der Waals surface area contributed by atoms with Crippen LogP contribution in [0.25, 0.3) is 28.2 Å². The van der Waals surface area contributed by atoms with E-state index in [2.05, 4.69) is 26.2 Å². The van der Waals surface area contributed by atoms with Gasteiger partial charge in [-0.25, -0.2) is 4.98 Å². The molecule has 1 aromatic carbocycles. The molecule has 0 saturated carbocycles. The molecule has 5 rings (SSSR count). The maximum Gasteiger partial charge on any atom is 0.454 e. The summed E-state index contributed by atoms with van der Waals surface area (Å²) in [5, 5.41) is 0. The first-order chi connectivity index (χ1) is 16.3. The molecule has 0 amide bonds. The second-order valence-corrected chi connectivity index (χ2v) is 8.62. The molecule has 0 bridgehead atoms. The average molecular weight is 467 g/mol. The van der Waals surface area contributed by atoms with E-state index in [0.29, 0.717) is 17.8 Å². The molecule has 3 aromatic heterocycles. The summed E-state index contributed by atoms with van der Waals surface area (Å²) >= 11 is 0. The van der Waals surface area contributed by atoms with Gasteiger partial charge in [-0.2, -0.15) is 13.2 Å². The highest BCUT2D eigenvalue weighted by Crippen LogP contribution is 2.30. The monoisotopic (exact) mass is 467 g/mol. The van der Waals surface area contributed by atoms with Crippen LogP contribution in [-0.2, 0) is 6.54 Å². The number of piperazine rings is 1. The van der Waals surface area contributed by atoms with Crippen molar-refractivity contribution in [2.45, 2.75) is 12.7 Å². The lowest BCUT2D eigenvalue weighted by Gasteiger charge is -2.32. The lowest BCUT2D eigenvalue weighted by molar-refractivity contribution is -0.0885. The fourth-order valence-electron chi connectivity index (χ4n) is 4.31. The van der Waals surface area contributed by atoms with Crippen molar-refractivity contribution in [1.82, 2.24) is 24.2 Å². The van der Waals surface area contributed by atoms with Crippen LogP contribution in [0.5, 0.6) is 0 Å². The third kappa shape index (κ3) is 4.36. The highest BCUT2D eigenvalue weighted by molar-refractivity contribution is 6.00. The minimum atomic E-state index is -4.90. The number of ketones is 1. The fourth-order valence-corrected chi connectivity index (χ4v) is 4.31. The van der Waals surface area contributed by atoms with E-state index in [4.69, 9.17) is 4.98 Å². The van der Waals surface area contributed by atoms with Crippen LogP contribution in [-0.4, -0.2) is 69.4 Å². The van der Waals surface area contributed by atoms with Gasteiger partial charge in [-0.15, -0.1) is 0 Å². The first kappa shape index (κ1) is 22.4. The van der Waals surface area contributed by atoms with Gasteiger partial charge in [0.05, 0.1) is 11.4 Å². The Morgan fingerprint density at radius 3 is 2.35 bits per heavy atom. The molecule has 1 fully saturated rings. The molecule has 4 aromatic rings. The summed E-state index contributed by atoms with van der Waals surface area (Å²) in [4.78, 5) is 24.3. The zero-order chi connectivity index (χ0) is 23.9. The van der Waals surface area contributed by atoms with Crippen LogP contribution in [0.2, 0.25) is 0 Å². The topological polar surface area (TPSA) is 56.6 Å². The summed E-state index contributed by atoms with van der Waals surface area (Å²) in [6, 6.07) is 13.4. The molecule has 34 heavy (non-hydrogen) atoms. The lowest BCUT2D eigenvalue weighted by atomic mass is 10.0. The standard InChI is InChI=1S/C25H24F3N5O/c1-31-11-13-32(14-12-31)16-21-23(17-4-6-18(7-5-17)24(34)25(26,27)28)30-22-9-8-19(15-33(21)22)20-3-2-10-29-20/h2-10,15,29H,11-14,16H2,1H3. The lowest BCUT2D eigenvalue weighted by Crippen LogP contribution is -2.44. The number of rotatable bonds is 5. The van der Waals surface area contributed by atoms with Gasteiger partial charge in [0, 0.05) is 67.5 Å². The van der Waals surface area contributed by atoms with Gasteiger partial charge in [-0.1, -0.05) is 24.3 Å². The third-order valence-corrected chi connectivity index (χ3v) is 6.27. The smallest absolute Gasteiger partial charge is 0.361 e. The van der Waals surface area contributed by atoms with Gasteiger partial charge in [0.25, 0.3) is 5.78 Å². The second kappa shape index (κ2) is 8.73. The molecule has 1 saturated heterocycles. The zero-order valence-corrected chi connectivity index (χ0v) is 18.6. The van der Waals surface area contributed by atoms with E-state index >= 15 is 0 Å². The van der Waals surface area contributed by atoms with Crippen LogP contribution in [0.3, 0.4) is 0 Å². The quantitative estimate of drug-likeness (QED) is 0.440. The van der Waals surface area contributed by atoms with Crippen molar-refractivity contribution in [3.8, 4) is 22.5 Å². The number of benzene rings is 1. The molecule has 6 nitrogen and oxygen atoms in total. The van der Waals surface area contributed by atoms with Crippen LogP contribution in [0.15, 0.2) is 60.9 Å². The number of pyridine rings is 1. The van der Waals surface area contributed by atoms with E-state index in [-0.39, 0.29) is 5.56 Å². The van der Waals surface area contributed by atoms with E-state index in [1.807, 2.05) is 36.7 Å². The Balaban J connectivity index is 1.56. The number of halogens is 3. The third-order valence-electron chi connectivity index (χ3n) is 6.27. The van der Waals surface area contributed by atoms with Crippen molar-refractivity contribution in [1.29, 1.82) is 0 Å². The number of aromatic nitrogens is 3. The minimum Gasteiger partial charge on any atom is -0.361 e. The number of imidazole rings is 1. The number of likely N-dealkylation sites (N-methyl/N-ethyl adjacent to an activating group) is 1. The summed E-state index contributed by atoms with van der Waals surface area (Å²) in [7, 11) is 2.10. The summed E-state index contributed by atoms with van der Waals surface area (Å²) in [5.41, 5.74) is 4.70. The molecule has 1 N–H and O–H groups in total. The van der Waals surface area contributed by atoms with E-state index in [1.165, 1.54) is 12.1 Å². The Labute approximate surface area is 194 Å². The van der Waals surface area contributed by atoms with Crippen molar-refractivity contribution in [3.63, 3.8) is 0 Å². The van der Waals surface area contributed by atoms with Gasteiger partial charge >= 0.3 is 6.18 Å². The molecule has 0 aliphatic carbocycles. The van der Waals surface area contributed by atoms with Crippen LogP contribution >= 0.6 is 0 Å².